The van der Waals surface area contributed by atoms with Crippen molar-refractivity contribution in [2.75, 3.05) is 49.3 Å². The summed E-state index contributed by atoms with van der Waals surface area (Å²) in [6.45, 7) is 5.24. The number of amides is 1. The number of ether oxygens (including phenoxy) is 2. The standard InChI is InChI=1S/C18H21N7O3/c1-12-10-27-6-4-23(12)16-8-14(24-5-7-28-11-17(24)26)13-9-20-25(18(13)21-16)15-2-3-19-22-15/h2-3,8-9,12H,4-7,10-11H2,1H3,(H,19,22). The molecule has 3 aromatic heterocycles. The number of H-pyrrole nitrogens is 1. The maximum Gasteiger partial charge on any atom is 0.253 e. The minimum atomic E-state index is -0.0611. The fraction of sp³-hybridized carbons (Fsp3) is 0.444. The molecular weight excluding hydrogens is 362 g/mol. The molecule has 10 heteroatoms. The molecule has 0 spiro atoms. The van der Waals surface area contributed by atoms with Gasteiger partial charge in [-0.25, -0.2) is 4.98 Å². The van der Waals surface area contributed by atoms with Crippen LogP contribution in [-0.4, -0.2) is 76.4 Å². The van der Waals surface area contributed by atoms with E-state index >= 15 is 0 Å². The number of nitrogens with one attached hydrogen (secondary N) is 1. The first-order valence-electron chi connectivity index (χ1n) is 9.33. The van der Waals surface area contributed by atoms with Gasteiger partial charge in [0.05, 0.1) is 49.3 Å². The van der Waals surface area contributed by atoms with E-state index < -0.39 is 0 Å². The van der Waals surface area contributed by atoms with Gasteiger partial charge in [0.15, 0.2) is 11.5 Å². The van der Waals surface area contributed by atoms with Crippen molar-refractivity contribution in [1.29, 1.82) is 0 Å². The second-order valence-corrected chi connectivity index (χ2v) is 6.95. The van der Waals surface area contributed by atoms with E-state index in [1.165, 1.54) is 0 Å². The van der Waals surface area contributed by atoms with Crippen LogP contribution in [0.2, 0.25) is 0 Å². The van der Waals surface area contributed by atoms with E-state index in [-0.39, 0.29) is 18.6 Å². The Morgan fingerprint density at radius 2 is 2.14 bits per heavy atom. The molecule has 2 aliphatic heterocycles. The highest BCUT2D eigenvalue weighted by molar-refractivity contribution is 6.03. The van der Waals surface area contributed by atoms with Crippen molar-refractivity contribution in [2.45, 2.75) is 13.0 Å². The quantitative estimate of drug-likeness (QED) is 0.711. The lowest BCUT2D eigenvalue weighted by Gasteiger charge is -2.35. The zero-order valence-corrected chi connectivity index (χ0v) is 15.5. The smallest absolute Gasteiger partial charge is 0.253 e. The minimum absolute atomic E-state index is 0.0611. The first-order chi connectivity index (χ1) is 13.7. The molecule has 2 fully saturated rings. The molecule has 2 aliphatic rings. The predicted molar refractivity (Wildman–Crippen MR) is 102 cm³/mol. The number of carbonyl (C=O) groups is 1. The highest BCUT2D eigenvalue weighted by Gasteiger charge is 2.27. The van der Waals surface area contributed by atoms with Crippen LogP contribution in [0.15, 0.2) is 24.5 Å². The molecule has 3 aromatic rings. The van der Waals surface area contributed by atoms with E-state index in [1.54, 1.807) is 22.0 Å². The van der Waals surface area contributed by atoms with E-state index in [0.29, 0.717) is 37.8 Å². The third-order valence-electron chi connectivity index (χ3n) is 5.16. The van der Waals surface area contributed by atoms with Crippen molar-refractivity contribution in [1.82, 2.24) is 25.0 Å². The number of anilines is 2. The molecule has 5 rings (SSSR count). The molecule has 10 nitrogen and oxygen atoms in total. The van der Waals surface area contributed by atoms with E-state index in [2.05, 4.69) is 27.1 Å². The first kappa shape index (κ1) is 17.1. The molecule has 0 radical (unpaired) electrons. The minimum Gasteiger partial charge on any atom is -0.377 e. The topological polar surface area (TPSA) is 101 Å². The number of hydrogen-bond acceptors (Lipinski definition) is 7. The van der Waals surface area contributed by atoms with Crippen LogP contribution >= 0.6 is 0 Å². The molecule has 146 valence electrons. The van der Waals surface area contributed by atoms with Gasteiger partial charge in [0.2, 0.25) is 0 Å². The van der Waals surface area contributed by atoms with Crippen molar-refractivity contribution < 1.29 is 14.3 Å². The Hall–Kier alpha value is -2.98. The molecule has 0 bridgehead atoms. The average Bonchev–Trinajstić information content (AvgIpc) is 3.37. The summed E-state index contributed by atoms with van der Waals surface area (Å²) >= 11 is 0. The van der Waals surface area contributed by atoms with E-state index in [4.69, 9.17) is 14.5 Å². The third kappa shape index (κ3) is 2.81. The van der Waals surface area contributed by atoms with E-state index in [1.807, 2.05) is 12.1 Å². The fourth-order valence-electron chi connectivity index (χ4n) is 3.72. The molecule has 0 aliphatic carbocycles. The maximum absolute atomic E-state index is 12.5. The molecule has 5 heterocycles. The lowest BCUT2D eigenvalue weighted by molar-refractivity contribution is -0.125. The van der Waals surface area contributed by atoms with Crippen molar-refractivity contribution in [3.8, 4) is 5.82 Å². The Kier molecular flexibility index (Phi) is 4.21. The number of nitrogens with zero attached hydrogens (tertiary/aromatic N) is 6. The Balaban J connectivity index is 1.69. The van der Waals surface area contributed by atoms with Crippen LogP contribution in [0.1, 0.15) is 6.92 Å². The lowest BCUT2D eigenvalue weighted by atomic mass is 10.2. The Bertz CT molecular complexity index is 1000. The molecule has 1 atom stereocenters. The molecule has 0 aromatic carbocycles. The number of hydrogen-bond donors (Lipinski definition) is 1. The number of aromatic nitrogens is 5. The van der Waals surface area contributed by atoms with Crippen LogP contribution in [-0.2, 0) is 14.3 Å². The van der Waals surface area contributed by atoms with Gasteiger partial charge in [-0.2, -0.15) is 14.9 Å². The van der Waals surface area contributed by atoms with Gasteiger partial charge in [-0.05, 0) is 6.92 Å². The van der Waals surface area contributed by atoms with Crippen molar-refractivity contribution in [2.24, 2.45) is 0 Å². The summed E-state index contributed by atoms with van der Waals surface area (Å²) in [5.41, 5.74) is 1.48. The van der Waals surface area contributed by atoms with Crippen LogP contribution in [0.4, 0.5) is 11.5 Å². The average molecular weight is 383 g/mol. The SMILES string of the molecule is CC1COCCN1c1cc(N2CCOCC2=O)c2cnn(-c3ccn[nH]3)c2n1. The third-order valence-corrected chi connectivity index (χ3v) is 5.16. The van der Waals surface area contributed by atoms with Crippen molar-refractivity contribution in [3.63, 3.8) is 0 Å². The Morgan fingerprint density at radius 1 is 1.25 bits per heavy atom. The number of morpholine rings is 2. The summed E-state index contributed by atoms with van der Waals surface area (Å²) in [6, 6.07) is 4.00. The van der Waals surface area contributed by atoms with Gasteiger partial charge in [-0.1, -0.05) is 0 Å². The van der Waals surface area contributed by atoms with Crippen LogP contribution < -0.4 is 9.80 Å². The summed E-state index contributed by atoms with van der Waals surface area (Å²) in [6.07, 6.45) is 3.41. The molecule has 0 saturated carbocycles. The summed E-state index contributed by atoms with van der Waals surface area (Å²) in [5, 5.41) is 12.2. The van der Waals surface area contributed by atoms with Gasteiger partial charge in [0, 0.05) is 25.2 Å². The second-order valence-electron chi connectivity index (χ2n) is 6.95. The number of rotatable bonds is 3. The normalized spacial score (nSPS) is 20.9. The monoisotopic (exact) mass is 383 g/mol. The van der Waals surface area contributed by atoms with Crippen LogP contribution in [0.3, 0.4) is 0 Å². The molecular formula is C18H21N7O3. The zero-order chi connectivity index (χ0) is 19.1. The van der Waals surface area contributed by atoms with Crippen molar-refractivity contribution in [3.05, 3.63) is 24.5 Å². The number of pyridine rings is 1. The Morgan fingerprint density at radius 3 is 2.93 bits per heavy atom. The van der Waals surface area contributed by atoms with Crippen LogP contribution in [0.25, 0.3) is 16.9 Å². The van der Waals surface area contributed by atoms with Gasteiger partial charge in [0.25, 0.3) is 5.91 Å². The van der Waals surface area contributed by atoms with Gasteiger partial charge in [-0.3, -0.25) is 9.89 Å². The van der Waals surface area contributed by atoms with Gasteiger partial charge >= 0.3 is 0 Å². The number of carbonyl (C=O) groups excluding carboxylic acids is 1. The number of aromatic amines is 1. The lowest BCUT2D eigenvalue weighted by Crippen LogP contribution is -2.45. The molecule has 1 unspecified atom stereocenters. The van der Waals surface area contributed by atoms with Crippen LogP contribution in [0.5, 0.6) is 0 Å². The summed E-state index contributed by atoms with van der Waals surface area (Å²) in [4.78, 5) is 21.4. The Labute approximate surface area is 161 Å². The van der Waals surface area contributed by atoms with Gasteiger partial charge in [-0.15, -0.1) is 0 Å². The summed E-state index contributed by atoms with van der Waals surface area (Å²) < 4.78 is 12.6. The van der Waals surface area contributed by atoms with Gasteiger partial charge in [0.1, 0.15) is 12.4 Å². The molecule has 28 heavy (non-hydrogen) atoms. The molecule has 2 saturated heterocycles. The highest BCUT2D eigenvalue weighted by atomic mass is 16.5. The fourth-order valence-corrected chi connectivity index (χ4v) is 3.72. The molecule has 1 amide bonds. The highest BCUT2D eigenvalue weighted by Crippen LogP contribution is 2.33. The van der Waals surface area contributed by atoms with E-state index in [9.17, 15) is 4.79 Å². The molecule has 1 N–H and O–H groups in total. The predicted octanol–water partition coefficient (Wildman–Crippen LogP) is 0.732. The van der Waals surface area contributed by atoms with Crippen molar-refractivity contribution >= 4 is 28.4 Å². The number of fused-ring (bicyclic) bond motifs is 1. The van der Waals surface area contributed by atoms with E-state index in [0.717, 1.165) is 23.4 Å². The van der Waals surface area contributed by atoms with Crippen LogP contribution in [0, 0.1) is 0 Å². The summed E-state index contributed by atoms with van der Waals surface area (Å²) in [7, 11) is 0. The van der Waals surface area contributed by atoms with Gasteiger partial charge < -0.3 is 19.3 Å². The summed E-state index contributed by atoms with van der Waals surface area (Å²) in [5.74, 6) is 1.46. The maximum atomic E-state index is 12.5. The second kappa shape index (κ2) is 6.88. The largest absolute Gasteiger partial charge is 0.377 e. The zero-order valence-electron chi connectivity index (χ0n) is 15.5. The first-order valence-corrected chi connectivity index (χ1v) is 9.33.